The van der Waals surface area contributed by atoms with Crippen LogP contribution in [0.3, 0.4) is 0 Å². The van der Waals surface area contributed by atoms with Crippen molar-refractivity contribution >= 4 is 30.5 Å². The smallest absolute Gasteiger partial charge is 0.363 e. The Morgan fingerprint density at radius 1 is 1.38 bits per heavy atom. The topological polar surface area (TPSA) is 142 Å². The van der Waals surface area contributed by atoms with Crippen LogP contribution in [0.5, 0.6) is 0 Å². The predicted molar refractivity (Wildman–Crippen MR) is 40.8 cm³/mol. The van der Waals surface area contributed by atoms with Crippen molar-refractivity contribution in [2.75, 3.05) is 5.75 Å². The molecule has 0 rings (SSSR count). The van der Waals surface area contributed by atoms with E-state index < -0.39 is 23.9 Å². The van der Waals surface area contributed by atoms with E-state index in [1.165, 1.54) is 0 Å². The minimum atomic E-state index is -2.07. The van der Waals surface area contributed by atoms with E-state index in [9.17, 15) is 4.79 Å². The summed E-state index contributed by atoms with van der Waals surface area (Å²) >= 11 is 3.71. The number of carboxylic acids is 3. The average Bonchev–Trinajstić information content (AvgIpc) is 2.03. The quantitative estimate of drug-likeness (QED) is 0.275. The number of thiol groups is 1. The third kappa shape index (κ3) is 10.7. The molecule has 1 atom stereocenters. The first kappa shape index (κ1) is 14.3. The van der Waals surface area contributed by atoms with Crippen LogP contribution in [0.2, 0.25) is 0 Å². The standard InChI is InChI=1S/C3H7NO2S.C2H2O4/c4-2(1-7)3(5)6;3-1(4)2(5)6/h2,7H,1,4H2,(H,5,6);(H,3,4)(H,5,6)/t2-;/m0./s1. The highest BCUT2D eigenvalue weighted by Gasteiger charge is 2.10. The molecule has 0 heterocycles. The maximum Gasteiger partial charge on any atom is 0.363 e. The van der Waals surface area contributed by atoms with Gasteiger partial charge in [0.1, 0.15) is 0 Å². The van der Waals surface area contributed by atoms with E-state index in [0.29, 0.717) is 5.75 Å². The molecule has 0 aliphatic rings. The van der Waals surface area contributed by atoms with Crippen LogP contribution in [-0.2, 0) is 14.4 Å². The molecule has 0 bridgehead atoms. The van der Waals surface area contributed by atoms with E-state index in [1.54, 1.807) is 0 Å². The Labute approximate surface area is 78.6 Å². The lowest BCUT2D eigenvalue weighted by Gasteiger charge is -1.92. The van der Waals surface area contributed by atoms with Crippen LogP contribution in [0, 0.1) is 0 Å². The van der Waals surface area contributed by atoms with E-state index in [-0.39, 0.29) is 0 Å². The van der Waals surface area contributed by atoms with Crippen LogP contribution in [-0.4, -0.2) is 39.9 Å². The van der Waals surface area contributed by atoms with Crippen molar-refractivity contribution < 1.29 is 35.4 Å². The summed E-state index contributed by atoms with van der Waals surface area (Å²) in [5.74, 6) is -4.60. The van der Waals surface area contributed by atoms with Gasteiger partial charge in [-0.05, 0) is 0 Å². The highest BCUT2D eigenvalue weighted by molar-refractivity contribution is 7.80. The monoisotopic (exact) mass is 211 g/mol. The molecule has 13 heavy (non-hydrogen) atoms. The number of hydrogen-bond acceptors (Lipinski definition) is 5. The number of rotatable bonds is 2. The summed E-state index contributed by atoms with van der Waals surface area (Å²) < 4.78 is 0. The fourth-order valence-electron chi connectivity index (χ4n) is 0.0781. The van der Waals surface area contributed by atoms with Crippen molar-refractivity contribution in [3.05, 3.63) is 0 Å². The number of carbonyl (C=O) groups excluding carboxylic acids is 1. The molecule has 0 radical (unpaired) electrons. The van der Waals surface area contributed by atoms with Crippen molar-refractivity contribution in [1.82, 2.24) is 0 Å². The van der Waals surface area contributed by atoms with Gasteiger partial charge in [-0.25, -0.2) is 9.59 Å². The molecular formula is C5H9NO6S. The SMILES string of the molecule is O=C([O-])C(=O)O.[NH3+][C@@H](CS)C(=O)O. The largest absolute Gasteiger partial charge is 0.539 e. The summed E-state index contributed by atoms with van der Waals surface area (Å²) in [6, 6.07) is -0.566. The van der Waals surface area contributed by atoms with E-state index in [2.05, 4.69) is 18.4 Å². The molecule has 7 nitrogen and oxygen atoms in total. The van der Waals surface area contributed by atoms with E-state index in [4.69, 9.17) is 24.9 Å². The Kier molecular flexibility index (Phi) is 8.09. The Morgan fingerprint density at radius 2 is 1.69 bits per heavy atom. The Balaban J connectivity index is 0. The van der Waals surface area contributed by atoms with E-state index in [0.717, 1.165) is 0 Å². The molecule has 0 aliphatic heterocycles. The molecular weight excluding hydrogens is 202 g/mol. The van der Waals surface area contributed by atoms with Gasteiger partial charge in [-0.15, -0.1) is 0 Å². The van der Waals surface area contributed by atoms with Gasteiger partial charge in [0, 0.05) is 0 Å². The number of carbonyl (C=O) groups is 3. The van der Waals surface area contributed by atoms with Gasteiger partial charge in [0.05, 0.1) is 5.75 Å². The maximum atomic E-state index is 9.82. The molecule has 0 amide bonds. The highest BCUT2D eigenvalue weighted by Crippen LogP contribution is 1.77. The van der Waals surface area contributed by atoms with Gasteiger partial charge in [0.2, 0.25) is 0 Å². The highest BCUT2D eigenvalue weighted by atomic mass is 32.1. The van der Waals surface area contributed by atoms with Gasteiger partial charge in [-0.3, -0.25) is 0 Å². The Hall–Kier alpha value is -1.28. The van der Waals surface area contributed by atoms with Gasteiger partial charge >= 0.3 is 11.9 Å². The minimum Gasteiger partial charge on any atom is -0.539 e. The summed E-state index contributed by atoms with van der Waals surface area (Å²) in [6.07, 6.45) is 0. The van der Waals surface area contributed by atoms with Crippen molar-refractivity contribution in [1.29, 1.82) is 0 Å². The number of hydrogen-bond donors (Lipinski definition) is 4. The van der Waals surface area contributed by atoms with Crippen LogP contribution in [0.15, 0.2) is 0 Å². The number of aliphatic carboxylic acids is 3. The maximum absolute atomic E-state index is 9.82. The first-order valence-corrected chi connectivity index (χ1v) is 3.57. The molecule has 0 saturated carbocycles. The van der Waals surface area contributed by atoms with Crippen LogP contribution >= 0.6 is 12.6 Å². The second-order valence-electron chi connectivity index (χ2n) is 1.81. The molecule has 0 fully saturated rings. The molecule has 0 aromatic heterocycles. The van der Waals surface area contributed by atoms with Crippen LogP contribution in [0.25, 0.3) is 0 Å². The summed E-state index contributed by atoms with van der Waals surface area (Å²) in [7, 11) is 0. The van der Waals surface area contributed by atoms with Crippen molar-refractivity contribution in [3.8, 4) is 0 Å². The average molecular weight is 211 g/mol. The van der Waals surface area contributed by atoms with Crippen LogP contribution < -0.4 is 10.8 Å². The lowest BCUT2D eigenvalue weighted by Crippen LogP contribution is -2.66. The van der Waals surface area contributed by atoms with E-state index in [1.807, 2.05) is 0 Å². The third-order valence-corrected chi connectivity index (χ3v) is 1.19. The van der Waals surface area contributed by atoms with Crippen molar-refractivity contribution in [2.24, 2.45) is 0 Å². The van der Waals surface area contributed by atoms with E-state index >= 15 is 0 Å². The molecule has 8 heteroatoms. The van der Waals surface area contributed by atoms with Gasteiger partial charge in [-0.2, -0.15) is 12.6 Å². The molecule has 0 aromatic rings. The second kappa shape index (κ2) is 7.37. The van der Waals surface area contributed by atoms with Gasteiger partial charge < -0.3 is 25.8 Å². The van der Waals surface area contributed by atoms with Crippen LogP contribution in [0.4, 0.5) is 0 Å². The zero-order valence-corrected chi connectivity index (χ0v) is 7.36. The Bertz CT molecular complexity index is 193. The van der Waals surface area contributed by atoms with Crippen molar-refractivity contribution in [3.63, 3.8) is 0 Å². The molecule has 5 N–H and O–H groups in total. The molecule has 0 aliphatic carbocycles. The van der Waals surface area contributed by atoms with Crippen LogP contribution in [0.1, 0.15) is 0 Å². The fraction of sp³-hybridized carbons (Fsp3) is 0.400. The summed E-state index contributed by atoms with van der Waals surface area (Å²) in [4.78, 5) is 27.8. The summed E-state index contributed by atoms with van der Waals surface area (Å²) in [5.41, 5.74) is 3.28. The molecule has 0 saturated heterocycles. The summed E-state index contributed by atoms with van der Waals surface area (Å²) in [6.45, 7) is 0. The third-order valence-electron chi connectivity index (χ3n) is 0.744. The normalized spacial score (nSPS) is 10.6. The van der Waals surface area contributed by atoms with Gasteiger partial charge in [-0.1, -0.05) is 0 Å². The number of carboxylic acid groups (broad SMARTS) is 3. The van der Waals surface area contributed by atoms with Gasteiger partial charge in [0.15, 0.2) is 12.0 Å². The second-order valence-corrected chi connectivity index (χ2v) is 2.18. The minimum absolute atomic E-state index is 0.301. The molecule has 0 spiro atoms. The van der Waals surface area contributed by atoms with Gasteiger partial charge in [0.25, 0.3) is 0 Å². The Morgan fingerprint density at radius 3 is 1.69 bits per heavy atom. The molecule has 0 aromatic carbocycles. The zero-order chi connectivity index (χ0) is 11.0. The first-order valence-electron chi connectivity index (χ1n) is 2.94. The molecule has 0 unspecified atom stereocenters. The lowest BCUT2D eigenvalue weighted by atomic mass is 10.4. The molecule has 76 valence electrons. The van der Waals surface area contributed by atoms with Crippen molar-refractivity contribution in [2.45, 2.75) is 6.04 Å². The zero-order valence-electron chi connectivity index (χ0n) is 6.47. The fourth-order valence-corrected chi connectivity index (χ4v) is 0.234. The first-order chi connectivity index (χ1) is 5.82. The lowest BCUT2D eigenvalue weighted by molar-refractivity contribution is -0.400. The predicted octanol–water partition coefficient (Wildman–Crippen LogP) is -3.57. The number of quaternary nitrogens is 1. The summed E-state index contributed by atoms with van der Waals surface area (Å²) in [5, 5.41) is 24.4.